The molecule has 0 heterocycles. The first-order valence-corrected chi connectivity index (χ1v) is 7.09. The third-order valence-electron chi connectivity index (χ3n) is 3.03. The van der Waals surface area contributed by atoms with E-state index in [1.165, 1.54) is 7.11 Å². The molecule has 2 rings (SSSR count). The van der Waals surface area contributed by atoms with E-state index in [1.54, 1.807) is 18.2 Å². The van der Waals surface area contributed by atoms with Crippen LogP contribution >= 0.6 is 15.9 Å². The van der Waals surface area contributed by atoms with Gasteiger partial charge in [-0.3, -0.25) is 0 Å². The first-order valence-electron chi connectivity index (χ1n) is 6.30. The maximum atomic E-state index is 11.2. The van der Waals surface area contributed by atoms with Crippen LogP contribution in [0.3, 0.4) is 0 Å². The van der Waals surface area contributed by atoms with Crippen molar-refractivity contribution in [1.82, 2.24) is 0 Å². The van der Waals surface area contributed by atoms with Gasteiger partial charge in [-0.25, -0.2) is 4.79 Å². The number of ether oxygens (including phenoxy) is 2. The maximum absolute atomic E-state index is 11.2. The van der Waals surface area contributed by atoms with Gasteiger partial charge < -0.3 is 14.6 Å². The summed E-state index contributed by atoms with van der Waals surface area (Å²) >= 11 is 3.40. The molecule has 0 aliphatic rings. The number of halogens is 1. The van der Waals surface area contributed by atoms with Gasteiger partial charge in [-0.15, -0.1) is 0 Å². The van der Waals surface area contributed by atoms with Crippen molar-refractivity contribution >= 4 is 21.9 Å². The maximum Gasteiger partial charge on any atom is 0.339 e. The molecule has 5 heteroatoms. The summed E-state index contributed by atoms with van der Waals surface area (Å²) in [5.41, 5.74) is 1.91. The molecule has 0 fully saturated rings. The van der Waals surface area contributed by atoms with Gasteiger partial charge in [0.25, 0.3) is 0 Å². The topological polar surface area (TPSA) is 55.8 Å². The Hall–Kier alpha value is -2.01. The minimum absolute atomic E-state index is 0.131. The Bertz CT molecular complexity index is 667. The van der Waals surface area contributed by atoms with Gasteiger partial charge in [-0.1, -0.05) is 22.0 Å². The average Bonchev–Trinajstić information content (AvgIpc) is 2.46. The van der Waals surface area contributed by atoms with Crippen molar-refractivity contribution in [2.45, 2.75) is 13.5 Å². The molecule has 0 aliphatic carbocycles. The van der Waals surface area contributed by atoms with Crippen LogP contribution in [0.2, 0.25) is 0 Å². The van der Waals surface area contributed by atoms with Gasteiger partial charge in [-0.2, -0.15) is 0 Å². The van der Waals surface area contributed by atoms with Gasteiger partial charge >= 0.3 is 5.97 Å². The fraction of sp³-hybridized carbons (Fsp3) is 0.188. The minimum atomic E-state index is -1.02. The molecular formula is C16H15BrO4. The summed E-state index contributed by atoms with van der Waals surface area (Å²) in [6.07, 6.45) is 0. The predicted molar refractivity (Wildman–Crippen MR) is 83.2 cm³/mol. The van der Waals surface area contributed by atoms with Crippen LogP contribution in [0.25, 0.3) is 0 Å². The number of aryl methyl sites for hydroxylation is 1. The third-order valence-corrected chi connectivity index (χ3v) is 3.52. The molecule has 0 aromatic heterocycles. The summed E-state index contributed by atoms with van der Waals surface area (Å²) in [4.78, 5) is 11.2. The highest BCUT2D eigenvalue weighted by molar-refractivity contribution is 9.10. The van der Waals surface area contributed by atoms with Gasteiger partial charge in [0.05, 0.1) is 7.11 Å². The summed E-state index contributed by atoms with van der Waals surface area (Å²) in [7, 11) is 1.45. The Kier molecular flexibility index (Phi) is 4.85. The Morgan fingerprint density at radius 1 is 1.19 bits per heavy atom. The van der Waals surface area contributed by atoms with Gasteiger partial charge in [0.2, 0.25) is 0 Å². The van der Waals surface area contributed by atoms with Crippen molar-refractivity contribution in [2.75, 3.05) is 7.11 Å². The molecule has 4 nitrogen and oxygen atoms in total. The second kappa shape index (κ2) is 6.63. The van der Waals surface area contributed by atoms with Crippen LogP contribution in [0.5, 0.6) is 11.5 Å². The number of benzene rings is 2. The van der Waals surface area contributed by atoms with Crippen LogP contribution in [0.1, 0.15) is 21.5 Å². The first-order chi connectivity index (χ1) is 10.0. The number of hydrogen-bond acceptors (Lipinski definition) is 3. The first kappa shape index (κ1) is 15.4. The highest BCUT2D eigenvalue weighted by Gasteiger charge is 2.12. The zero-order valence-corrected chi connectivity index (χ0v) is 13.3. The normalized spacial score (nSPS) is 10.2. The van der Waals surface area contributed by atoms with Crippen molar-refractivity contribution in [2.24, 2.45) is 0 Å². The molecule has 110 valence electrons. The van der Waals surface area contributed by atoms with E-state index in [-0.39, 0.29) is 5.56 Å². The Morgan fingerprint density at radius 2 is 1.90 bits per heavy atom. The lowest BCUT2D eigenvalue weighted by Gasteiger charge is -2.11. The predicted octanol–water partition coefficient (Wildman–Crippen LogP) is 4.04. The van der Waals surface area contributed by atoms with Crippen molar-refractivity contribution in [3.05, 3.63) is 57.6 Å². The number of methoxy groups -OCH3 is 1. The molecule has 0 aliphatic heterocycles. The molecule has 0 spiro atoms. The smallest absolute Gasteiger partial charge is 0.339 e. The van der Waals surface area contributed by atoms with Gasteiger partial charge in [-0.05, 0) is 48.4 Å². The zero-order chi connectivity index (χ0) is 15.4. The SMILES string of the molecule is COc1ccc(COc2ccc(Br)cc2C)cc1C(=O)O. The van der Waals surface area contributed by atoms with E-state index >= 15 is 0 Å². The van der Waals surface area contributed by atoms with Crippen LogP contribution in [0.15, 0.2) is 40.9 Å². The molecule has 0 bridgehead atoms. The number of carboxylic acids is 1. The van der Waals surface area contributed by atoms with Crippen LogP contribution < -0.4 is 9.47 Å². The van der Waals surface area contributed by atoms with Gasteiger partial charge in [0.15, 0.2) is 0 Å². The van der Waals surface area contributed by atoms with E-state index in [9.17, 15) is 4.79 Å². The Labute approximate surface area is 131 Å². The van der Waals surface area contributed by atoms with Gasteiger partial charge in [0, 0.05) is 4.47 Å². The lowest BCUT2D eigenvalue weighted by Crippen LogP contribution is -2.03. The number of carboxylic acid groups (broad SMARTS) is 1. The van der Waals surface area contributed by atoms with E-state index in [4.69, 9.17) is 14.6 Å². The molecule has 0 saturated heterocycles. The molecule has 0 radical (unpaired) electrons. The van der Waals surface area contributed by atoms with E-state index in [0.29, 0.717) is 12.4 Å². The fourth-order valence-electron chi connectivity index (χ4n) is 1.95. The lowest BCUT2D eigenvalue weighted by molar-refractivity contribution is 0.0693. The van der Waals surface area contributed by atoms with Crippen LogP contribution in [0, 0.1) is 6.92 Å². The average molecular weight is 351 g/mol. The van der Waals surface area contributed by atoms with Gasteiger partial charge in [0.1, 0.15) is 23.7 Å². The van der Waals surface area contributed by atoms with Crippen molar-refractivity contribution < 1.29 is 19.4 Å². The summed E-state index contributed by atoms with van der Waals surface area (Å²) in [5.74, 6) is 0.0884. The minimum Gasteiger partial charge on any atom is -0.496 e. The Balaban J connectivity index is 2.16. The zero-order valence-electron chi connectivity index (χ0n) is 11.7. The molecule has 0 saturated carbocycles. The second-order valence-corrected chi connectivity index (χ2v) is 5.45. The summed E-state index contributed by atoms with van der Waals surface area (Å²) < 4.78 is 11.8. The summed E-state index contributed by atoms with van der Waals surface area (Å²) in [5, 5.41) is 9.16. The molecule has 0 unspecified atom stereocenters. The van der Waals surface area contributed by atoms with E-state index in [1.807, 2.05) is 25.1 Å². The standard InChI is InChI=1S/C16H15BrO4/c1-10-7-12(17)4-6-14(10)21-9-11-3-5-15(20-2)13(8-11)16(18)19/h3-8H,9H2,1-2H3,(H,18,19). The van der Waals surface area contributed by atoms with E-state index in [0.717, 1.165) is 21.3 Å². The van der Waals surface area contributed by atoms with Crippen LogP contribution in [-0.2, 0) is 6.61 Å². The van der Waals surface area contributed by atoms with Crippen molar-refractivity contribution in [3.8, 4) is 11.5 Å². The summed E-state index contributed by atoms with van der Waals surface area (Å²) in [6, 6.07) is 10.7. The summed E-state index contributed by atoms with van der Waals surface area (Å²) in [6.45, 7) is 2.25. The number of carbonyl (C=O) groups is 1. The molecular weight excluding hydrogens is 336 g/mol. The highest BCUT2D eigenvalue weighted by Crippen LogP contribution is 2.24. The molecule has 2 aromatic rings. The lowest BCUT2D eigenvalue weighted by atomic mass is 10.1. The largest absolute Gasteiger partial charge is 0.496 e. The van der Waals surface area contributed by atoms with E-state index < -0.39 is 5.97 Å². The van der Waals surface area contributed by atoms with Crippen molar-refractivity contribution in [3.63, 3.8) is 0 Å². The number of rotatable bonds is 5. The molecule has 0 atom stereocenters. The number of hydrogen-bond donors (Lipinski definition) is 1. The molecule has 0 amide bonds. The molecule has 1 N–H and O–H groups in total. The third kappa shape index (κ3) is 3.76. The molecule has 21 heavy (non-hydrogen) atoms. The Morgan fingerprint density at radius 3 is 2.52 bits per heavy atom. The fourth-order valence-corrected chi connectivity index (χ4v) is 2.42. The van der Waals surface area contributed by atoms with Crippen molar-refractivity contribution in [1.29, 1.82) is 0 Å². The highest BCUT2D eigenvalue weighted by atomic mass is 79.9. The van der Waals surface area contributed by atoms with E-state index in [2.05, 4.69) is 15.9 Å². The second-order valence-electron chi connectivity index (χ2n) is 4.54. The number of aromatic carboxylic acids is 1. The van der Waals surface area contributed by atoms with Crippen LogP contribution in [0.4, 0.5) is 0 Å². The quantitative estimate of drug-likeness (QED) is 0.883. The molecule has 2 aromatic carbocycles. The monoisotopic (exact) mass is 350 g/mol. The van der Waals surface area contributed by atoms with Crippen LogP contribution in [-0.4, -0.2) is 18.2 Å².